The van der Waals surface area contributed by atoms with Gasteiger partial charge < -0.3 is 4.57 Å². The SMILES string of the molecule is Cn1cnc(C(=O)CC(=O)C2CCCC2)c1. The maximum atomic E-state index is 11.8. The normalized spacial score (nSPS) is 16.6. The van der Waals surface area contributed by atoms with Crippen molar-refractivity contribution < 1.29 is 9.59 Å². The first kappa shape index (κ1) is 11.0. The lowest BCUT2D eigenvalue weighted by atomic mass is 9.98. The number of hydrogen-bond acceptors (Lipinski definition) is 3. The van der Waals surface area contributed by atoms with Crippen LogP contribution in [0.3, 0.4) is 0 Å². The molecule has 0 N–H and O–H groups in total. The fourth-order valence-electron chi connectivity index (χ4n) is 2.20. The molecule has 0 bridgehead atoms. The third kappa shape index (κ3) is 2.38. The molecule has 0 unspecified atom stereocenters. The van der Waals surface area contributed by atoms with Crippen LogP contribution in [-0.2, 0) is 11.8 Å². The van der Waals surface area contributed by atoms with E-state index in [1.54, 1.807) is 17.1 Å². The molecule has 86 valence electrons. The van der Waals surface area contributed by atoms with E-state index in [1.807, 2.05) is 7.05 Å². The van der Waals surface area contributed by atoms with Crippen molar-refractivity contribution in [3.05, 3.63) is 18.2 Å². The van der Waals surface area contributed by atoms with Crippen LogP contribution < -0.4 is 0 Å². The van der Waals surface area contributed by atoms with E-state index in [2.05, 4.69) is 4.98 Å². The summed E-state index contributed by atoms with van der Waals surface area (Å²) in [6, 6.07) is 0. The molecule has 1 fully saturated rings. The fourth-order valence-corrected chi connectivity index (χ4v) is 2.20. The number of aromatic nitrogens is 2. The minimum atomic E-state index is -0.155. The van der Waals surface area contributed by atoms with E-state index in [1.165, 1.54) is 0 Å². The molecule has 16 heavy (non-hydrogen) atoms. The number of carbonyl (C=O) groups is 2. The summed E-state index contributed by atoms with van der Waals surface area (Å²) < 4.78 is 1.72. The lowest BCUT2D eigenvalue weighted by molar-refractivity contribution is -0.121. The summed E-state index contributed by atoms with van der Waals surface area (Å²) in [5.74, 6) is 0.0540. The number of carbonyl (C=O) groups excluding carboxylic acids is 2. The molecule has 0 atom stereocenters. The Kier molecular flexibility index (Phi) is 3.17. The minimum absolute atomic E-state index is 0.0156. The summed E-state index contributed by atoms with van der Waals surface area (Å²) in [7, 11) is 1.81. The molecule has 0 radical (unpaired) electrons. The van der Waals surface area contributed by atoms with Crippen molar-refractivity contribution in [3.8, 4) is 0 Å². The first-order chi connectivity index (χ1) is 7.66. The zero-order chi connectivity index (χ0) is 11.5. The van der Waals surface area contributed by atoms with Gasteiger partial charge in [-0.25, -0.2) is 4.98 Å². The van der Waals surface area contributed by atoms with Crippen LogP contribution in [0.4, 0.5) is 0 Å². The van der Waals surface area contributed by atoms with Crippen molar-refractivity contribution in [2.75, 3.05) is 0 Å². The van der Waals surface area contributed by atoms with Crippen molar-refractivity contribution in [1.29, 1.82) is 0 Å². The van der Waals surface area contributed by atoms with Gasteiger partial charge in [-0.1, -0.05) is 12.8 Å². The Morgan fingerprint density at radius 3 is 2.69 bits per heavy atom. The molecule has 0 aliphatic heterocycles. The second kappa shape index (κ2) is 4.60. The highest BCUT2D eigenvalue weighted by Crippen LogP contribution is 2.26. The van der Waals surface area contributed by atoms with Crippen LogP contribution >= 0.6 is 0 Å². The number of aryl methyl sites for hydroxylation is 1. The summed E-state index contributed by atoms with van der Waals surface area (Å²) in [5.41, 5.74) is 0.397. The van der Waals surface area contributed by atoms with Gasteiger partial charge in [-0.2, -0.15) is 0 Å². The number of nitrogens with zero attached hydrogens (tertiary/aromatic N) is 2. The van der Waals surface area contributed by atoms with Crippen molar-refractivity contribution >= 4 is 11.6 Å². The first-order valence-corrected chi connectivity index (χ1v) is 5.70. The van der Waals surface area contributed by atoms with Gasteiger partial charge in [0.2, 0.25) is 0 Å². The Balaban J connectivity index is 1.94. The predicted molar refractivity (Wildman–Crippen MR) is 59.1 cm³/mol. The smallest absolute Gasteiger partial charge is 0.190 e. The number of ketones is 2. The van der Waals surface area contributed by atoms with Crippen molar-refractivity contribution in [3.63, 3.8) is 0 Å². The Morgan fingerprint density at radius 2 is 2.12 bits per heavy atom. The molecule has 0 amide bonds. The number of hydrogen-bond donors (Lipinski definition) is 0. The number of rotatable bonds is 4. The zero-order valence-electron chi connectivity index (χ0n) is 9.48. The van der Waals surface area contributed by atoms with Crippen LogP contribution in [0.5, 0.6) is 0 Å². The van der Waals surface area contributed by atoms with Crippen LogP contribution in [0, 0.1) is 5.92 Å². The molecule has 1 aromatic rings. The number of imidazole rings is 1. The van der Waals surface area contributed by atoms with E-state index in [0.29, 0.717) is 5.69 Å². The van der Waals surface area contributed by atoms with E-state index < -0.39 is 0 Å². The molecular formula is C12H16N2O2. The topological polar surface area (TPSA) is 52.0 Å². The molecule has 2 rings (SSSR count). The van der Waals surface area contributed by atoms with Crippen molar-refractivity contribution in [2.45, 2.75) is 32.1 Å². The summed E-state index contributed by atoms with van der Waals surface area (Å²) in [6.45, 7) is 0. The Morgan fingerprint density at radius 1 is 1.44 bits per heavy atom. The molecule has 1 aliphatic rings. The molecule has 1 heterocycles. The molecule has 1 aromatic heterocycles. The molecule has 4 heteroatoms. The van der Waals surface area contributed by atoms with Gasteiger partial charge >= 0.3 is 0 Å². The largest absolute Gasteiger partial charge is 0.340 e. The van der Waals surface area contributed by atoms with Crippen molar-refractivity contribution in [2.24, 2.45) is 13.0 Å². The van der Waals surface area contributed by atoms with Gasteiger partial charge in [-0.3, -0.25) is 9.59 Å². The van der Waals surface area contributed by atoms with E-state index in [-0.39, 0.29) is 23.9 Å². The Hall–Kier alpha value is -1.45. The average molecular weight is 220 g/mol. The lowest BCUT2D eigenvalue weighted by Crippen LogP contribution is -2.16. The van der Waals surface area contributed by atoms with Gasteiger partial charge in [0.1, 0.15) is 11.5 Å². The van der Waals surface area contributed by atoms with Gasteiger partial charge in [0, 0.05) is 19.2 Å². The van der Waals surface area contributed by atoms with Crippen LogP contribution in [0.15, 0.2) is 12.5 Å². The third-order valence-electron chi connectivity index (χ3n) is 3.14. The van der Waals surface area contributed by atoms with Gasteiger partial charge in [-0.05, 0) is 12.8 Å². The fraction of sp³-hybridized carbons (Fsp3) is 0.583. The van der Waals surface area contributed by atoms with Crippen LogP contribution in [-0.4, -0.2) is 21.1 Å². The second-order valence-electron chi connectivity index (χ2n) is 4.47. The van der Waals surface area contributed by atoms with Gasteiger partial charge in [0.05, 0.1) is 12.7 Å². The molecule has 4 nitrogen and oxygen atoms in total. The average Bonchev–Trinajstić information content (AvgIpc) is 2.87. The Labute approximate surface area is 94.7 Å². The maximum absolute atomic E-state index is 11.8. The molecule has 0 spiro atoms. The molecule has 0 saturated heterocycles. The summed E-state index contributed by atoms with van der Waals surface area (Å²) in [4.78, 5) is 27.5. The van der Waals surface area contributed by atoms with E-state index in [4.69, 9.17) is 0 Å². The standard InChI is InChI=1S/C12H16N2O2/c1-14-7-10(13-8-14)12(16)6-11(15)9-4-2-3-5-9/h7-9H,2-6H2,1H3. The monoisotopic (exact) mass is 220 g/mol. The molecule has 1 saturated carbocycles. The van der Waals surface area contributed by atoms with Crippen LogP contribution in [0.2, 0.25) is 0 Å². The quantitative estimate of drug-likeness (QED) is 0.573. The summed E-state index contributed by atoms with van der Waals surface area (Å²) in [6.07, 6.45) is 7.39. The van der Waals surface area contributed by atoms with E-state index in [9.17, 15) is 9.59 Å². The highest BCUT2D eigenvalue weighted by atomic mass is 16.1. The summed E-state index contributed by atoms with van der Waals surface area (Å²) in [5, 5.41) is 0. The van der Waals surface area contributed by atoms with Crippen LogP contribution in [0.1, 0.15) is 42.6 Å². The summed E-state index contributed by atoms with van der Waals surface area (Å²) >= 11 is 0. The molecule has 0 aromatic carbocycles. The van der Waals surface area contributed by atoms with Gasteiger partial charge in [0.15, 0.2) is 5.78 Å². The lowest BCUT2D eigenvalue weighted by Gasteiger charge is -2.05. The Bertz CT molecular complexity index is 403. The van der Waals surface area contributed by atoms with E-state index in [0.717, 1.165) is 25.7 Å². The maximum Gasteiger partial charge on any atom is 0.190 e. The van der Waals surface area contributed by atoms with E-state index >= 15 is 0 Å². The highest BCUT2D eigenvalue weighted by molar-refractivity contribution is 6.07. The third-order valence-corrected chi connectivity index (χ3v) is 3.14. The zero-order valence-corrected chi connectivity index (χ0v) is 9.48. The first-order valence-electron chi connectivity index (χ1n) is 5.70. The van der Waals surface area contributed by atoms with Crippen LogP contribution in [0.25, 0.3) is 0 Å². The minimum Gasteiger partial charge on any atom is -0.340 e. The van der Waals surface area contributed by atoms with Gasteiger partial charge in [0.25, 0.3) is 0 Å². The predicted octanol–water partition coefficient (Wildman–Crippen LogP) is 1.75. The van der Waals surface area contributed by atoms with Crippen molar-refractivity contribution in [1.82, 2.24) is 9.55 Å². The molecular weight excluding hydrogens is 204 g/mol. The number of Topliss-reactive ketones (excluding diaryl/α,β-unsaturated/α-hetero) is 2. The van der Waals surface area contributed by atoms with Gasteiger partial charge in [-0.15, -0.1) is 0 Å². The highest BCUT2D eigenvalue weighted by Gasteiger charge is 2.25. The molecule has 1 aliphatic carbocycles. The second-order valence-corrected chi connectivity index (χ2v) is 4.47.